The highest BCUT2D eigenvalue weighted by Crippen LogP contribution is 2.20. The quantitative estimate of drug-likeness (QED) is 0.489. The van der Waals surface area contributed by atoms with Gasteiger partial charge in [0, 0.05) is 30.9 Å². The minimum Gasteiger partial charge on any atom is -0.378 e. The van der Waals surface area contributed by atoms with Crippen molar-refractivity contribution in [1.82, 2.24) is 20.3 Å². The molecule has 3 heterocycles. The summed E-state index contributed by atoms with van der Waals surface area (Å²) >= 11 is 0. The van der Waals surface area contributed by atoms with Crippen LogP contribution in [0.15, 0.2) is 59.0 Å². The molecule has 0 spiro atoms. The Morgan fingerprint density at radius 3 is 2.56 bits per heavy atom. The number of ether oxygens (including phenoxy) is 1. The zero-order valence-corrected chi connectivity index (χ0v) is 18.7. The summed E-state index contributed by atoms with van der Waals surface area (Å²) in [5.74, 6) is -0.292. The van der Waals surface area contributed by atoms with Gasteiger partial charge in [-0.25, -0.2) is 9.37 Å². The van der Waals surface area contributed by atoms with E-state index in [0.29, 0.717) is 44.1 Å². The fourth-order valence-electron chi connectivity index (χ4n) is 3.29. The predicted octanol–water partition coefficient (Wildman–Crippen LogP) is 3.62. The smallest absolute Gasteiger partial charge is 0.270 e. The lowest BCUT2D eigenvalue weighted by Gasteiger charge is -2.27. The average molecular weight is 465 g/mol. The third-order valence-corrected chi connectivity index (χ3v) is 5.01. The highest BCUT2D eigenvalue weighted by molar-refractivity contribution is 5.94. The van der Waals surface area contributed by atoms with Gasteiger partial charge < -0.3 is 20.3 Å². The third kappa shape index (κ3) is 6.07. The third-order valence-electron chi connectivity index (χ3n) is 5.01. The van der Waals surface area contributed by atoms with E-state index in [2.05, 4.69) is 35.8 Å². The second kappa shape index (κ2) is 11.2. The van der Waals surface area contributed by atoms with E-state index in [-0.39, 0.29) is 24.2 Å². The number of aromatic nitrogens is 3. The van der Waals surface area contributed by atoms with Crippen molar-refractivity contribution in [3.05, 3.63) is 65.9 Å². The molecule has 0 atom stereocenters. The number of morpholine rings is 1. The molecule has 10 nitrogen and oxygen atoms in total. The lowest BCUT2D eigenvalue weighted by molar-refractivity contribution is 0.0956. The minimum absolute atomic E-state index is 0.0947. The van der Waals surface area contributed by atoms with E-state index < -0.39 is 5.82 Å². The molecule has 0 saturated carbocycles. The maximum Gasteiger partial charge on any atom is 0.270 e. The molecule has 0 bridgehead atoms. The normalized spacial score (nSPS) is 13.8. The topological polar surface area (TPSA) is 117 Å². The number of nitrogens with one attached hydrogen (secondary N) is 2. The first kappa shape index (κ1) is 23.2. The fourth-order valence-corrected chi connectivity index (χ4v) is 3.29. The Kier molecular flexibility index (Phi) is 7.66. The Morgan fingerprint density at radius 2 is 1.85 bits per heavy atom. The molecule has 1 aromatic carbocycles. The summed E-state index contributed by atoms with van der Waals surface area (Å²) in [5, 5.41) is 14.1. The van der Waals surface area contributed by atoms with Gasteiger partial charge in [0.25, 0.3) is 11.9 Å². The second-order valence-electron chi connectivity index (χ2n) is 7.44. The number of carbonyl (C=O) groups is 1. The monoisotopic (exact) mass is 464 g/mol. The Morgan fingerprint density at radius 1 is 1.09 bits per heavy atom. The first-order chi connectivity index (χ1) is 16.6. The molecule has 2 aromatic heterocycles. The molecule has 1 fully saturated rings. The Hall–Kier alpha value is -3.99. The number of rotatable bonds is 8. The van der Waals surface area contributed by atoms with Crippen LogP contribution in [0.1, 0.15) is 23.0 Å². The number of amides is 1. The summed E-state index contributed by atoms with van der Waals surface area (Å²) in [7, 11) is 0. The van der Waals surface area contributed by atoms with Crippen LogP contribution in [0, 0.1) is 5.82 Å². The van der Waals surface area contributed by atoms with E-state index in [4.69, 9.17) is 4.74 Å². The van der Waals surface area contributed by atoms with Gasteiger partial charge in [-0.15, -0.1) is 5.11 Å². The van der Waals surface area contributed by atoms with E-state index in [1.54, 1.807) is 23.2 Å². The van der Waals surface area contributed by atoms with Crippen molar-refractivity contribution in [2.45, 2.75) is 13.5 Å². The summed E-state index contributed by atoms with van der Waals surface area (Å²) in [6.07, 6.45) is 2.79. The van der Waals surface area contributed by atoms with E-state index in [0.717, 1.165) is 17.6 Å². The van der Waals surface area contributed by atoms with Crippen molar-refractivity contribution in [2.75, 3.05) is 43.1 Å². The van der Waals surface area contributed by atoms with Crippen LogP contribution in [0.5, 0.6) is 0 Å². The van der Waals surface area contributed by atoms with Crippen LogP contribution in [-0.2, 0) is 11.3 Å². The molecule has 1 saturated heterocycles. The summed E-state index contributed by atoms with van der Waals surface area (Å²) in [4.78, 5) is 26.1. The van der Waals surface area contributed by atoms with Gasteiger partial charge in [-0.3, -0.25) is 9.78 Å². The number of carbonyl (C=O) groups excluding carboxylic acids is 1. The number of hydrogen-bond acceptors (Lipinski definition) is 9. The molecular formula is C23H25FN8O2. The number of nitrogens with zero attached hydrogens (tertiary/aromatic N) is 6. The number of benzene rings is 1. The lowest BCUT2D eigenvalue weighted by atomic mass is 10.2. The summed E-state index contributed by atoms with van der Waals surface area (Å²) in [6.45, 7) is 4.87. The number of hydrogen-bond donors (Lipinski definition) is 2. The lowest BCUT2D eigenvalue weighted by Crippen LogP contribution is -2.37. The molecule has 4 rings (SSSR count). The van der Waals surface area contributed by atoms with Crippen LogP contribution in [0.4, 0.5) is 27.5 Å². The molecule has 11 heteroatoms. The van der Waals surface area contributed by atoms with Gasteiger partial charge in [-0.2, -0.15) is 10.1 Å². The van der Waals surface area contributed by atoms with E-state index in [1.165, 1.54) is 0 Å². The molecule has 0 unspecified atom stereocenters. The maximum atomic E-state index is 14.1. The summed E-state index contributed by atoms with van der Waals surface area (Å²) in [6, 6.07) is 10.9. The van der Waals surface area contributed by atoms with Crippen LogP contribution in [0.3, 0.4) is 0 Å². The number of halogens is 1. The Bertz CT molecular complexity index is 1130. The number of pyridine rings is 1. The van der Waals surface area contributed by atoms with Crippen LogP contribution in [0.25, 0.3) is 0 Å². The molecular weight excluding hydrogens is 439 g/mol. The van der Waals surface area contributed by atoms with Crippen LogP contribution in [0.2, 0.25) is 0 Å². The van der Waals surface area contributed by atoms with E-state index in [1.807, 2.05) is 31.2 Å². The fraction of sp³-hybridized carbons (Fsp3) is 0.304. The highest BCUT2D eigenvalue weighted by atomic mass is 19.1. The second-order valence-corrected chi connectivity index (χ2v) is 7.44. The molecule has 0 aliphatic carbocycles. The van der Waals surface area contributed by atoms with E-state index >= 15 is 0 Å². The van der Waals surface area contributed by atoms with Crippen molar-refractivity contribution in [2.24, 2.45) is 10.2 Å². The van der Waals surface area contributed by atoms with Gasteiger partial charge in [0.15, 0.2) is 11.6 Å². The first-order valence-corrected chi connectivity index (χ1v) is 11.0. The van der Waals surface area contributed by atoms with Gasteiger partial charge >= 0.3 is 0 Å². The van der Waals surface area contributed by atoms with Gasteiger partial charge in [0.05, 0.1) is 37.0 Å². The largest absolute Gasteiger partial charge is 0.378 e. The Labute approximate surface area is 196 Å². The van der Waals surface area contributed by atoms with Crippen molar-refractivity contribution in [3.8, 4) is 0 Å². The predicted molar refractivity (Wildman–Crippen MR) is 125 cm³/mol. The summed E-state index contributed by atoms with van der Waals surface area (Å²) in [5.41, 5.74) is 2.94. The standard InChI is InChI=1S/C23H25FN8O2/c1-2-25-22(33)16-3-5-17(6-4-16)29-19-8-7-18(26-13-19)14-28-31-23-27-15-20(24)21(30-23)32-9-11-34-12-10-32/h3-8,13,15,29H,2,9-12,14H2,1H3,(H,25,33). The Balaban J connectivity index is 1.33. The number of azo groups is 1. The molecule has 1 amide bonds. The van der Waals surface area contributed by atoms with Gasteiger partial charge in [0.1, 0.15) is 6.54 Å². The molecule has 176 valence electrons. The number of anilines is 3. The van der Waals surface area contributed by atoms with Crippen LogP contribution >= 0.6 is 0 Å². The summed E-state index contributed by atoms with van der Waals surface area (Å²) < 4.78 is 19.4. The van der Waals surface area contributed by atoms with Crippen LogP contribution < -0.4 is 15.5 Å². The van der Waals surface area contributed by atoms with Gasteiger partial charge in [-0.05, 0) is 43.3 Å². The zero-order chi connectivity index (χ0) is 23.8. The molecule has 1 aliphatic heterocycles. The van der Waals surface area contributed by atoms with Crippen molar-refractivity contribution < 1.29 is 13.9 Å². The average Bonchev–Trinajstić information content (AvgIpc) is 2.87. The molecule has 3 aromatic rings. The van der Waals surface area contributed by atoms with Gasteiger partial charge in [-0.1, -0.05) is 0 Å². The van der Waals surface area contributed by atoms with Crippen molar-refractivity contribution in [3.63, 3.8) is 0 Å². The maximum absolute atomic E-state index is 14.1. The van der Waals surface area contributed by atoms with E-state index in [9.17, 15) is 9.18 Å². The zero-order valence-electron chi connectivity index (χ0n) is 18.7. The molecule has 2 N–H and O–H groups in total. The van der Waals surface area contributed by atoms with Crippen molar-refractivity contribution >= 4 is 29.0 Å². The van der Waals surface area contributed by atoms with Crippen LogP contribution in [-0.4, -0.2) is 53.7 Å². The first-order valence-electron chi connectivity index (χ1n) is 11.0. The molecule has 0 radical (unpaired) electrons. The molecule has 1 aliphatic rings. The SMILES string of the molecule is CCNC(=O)c1ccc(Nc2ccc(CN=Nc3ncc(F)c(N4CCOCC4)n3)nc2)cc1. The highest BCUT2D eigenvalue weighted by Gasteiger charge is 2.17. The molecule has 34 heavy (non-hydrogen) atoms. The minimum atomic E-state index is -0.496. The van der Waals surface area contributed by atoms with Gasteiger partial charge in [0.2, 0.25) is 0 Å². The van der Waals surface area contributed by atoms with Crippen molar-refractivity contribution in [1.29, 1.82) is 0 Å².